The van der Waals surface area contributed by atoms with Crippen LogP contribution < -0.4 is 4.90 Å². The number of carboxylic acids is 1. The van der Waals surface area contributed by atoms with Crippen LogP contribution in [-0.2, 0) is 4.79 Å². The standard InChI is InChI=1S/C14H15ClN2O2/c1-14(13(18)19)6-3-7-17(9-14)12-5-2-4-11(15)10(12)8-16/h2,4-5H,3,6-7,9H2,1H3,(H,18,19). The van der Waals surface area contributed by atoms with Gasteiger partial charge in [0.05, 0.1) is 21.7 Å². The third-order valence-corrected chi connectivity index (χ3v) is 3.97. The lowest BCUT2D eigenvalue weighted by molar-refractivity contribution is -0.148. The van der Waals surface area contributed by atoms with Crippen LogP contribution in [-0.4, -0.2) is 24.2 Å². The molecule has 2 rings (SSSR count). The van der Waals surface area contributed by atoms with Crippen molar-refractivity contribution in [1.82, 2.24) is 0 Å². The molecule has 0 bridgehead atoms. The first-order valence-corrected chi connectivity index (χ1v) is 6.53. The van der Waals surface area contributed by atoms with Gasteiger partial charge in [-0.2, -0.15) is 5.26 Å². The van der Waals surface area contributed by atoms with Crippen LogP contribution in [0.1, 0.15) is 25.3 Å². The molecule has 1 unspecified atom stereocenters. The molecule has 5 heteroatoms. The lowest BCUT2D eigenvalue weighted by Crippen LogP contribution is -2.46. The van der Waals surface area contributed by atoms with Crippen molar-refractivity contribution in [2.75, 3.05) is 18.0 Å². The summed E-state index contributed by atoms with van der Waals surface area (Å²) in [5, 5.41) is 18.9. The number of carboxylic acid groups (broad SMARTS) is 1. The van der Waals surface area contributed by atoms with Crippen molar-refractivity contribution in [3.8, 4) is 6.07 Å². The highest BCUT2D eigenvalue weighted by Crippen LogP contribution is 2.35. The minimum atomic E-state index is -0.794. The van der Waals surface area contributed by atoms with Gasteiger partial charge in [0.15, 0.2) is 0 Å². The third-order valence-electron chi connectivity index (χ3n) is 3.66. The highest BCUT2D eigenvalue weighted by atomic mass is 35.5. The lowest BCUT2D eigenvalue weighted by atomic mass is 9.81. The van der Waals surface area contributed by atoms with E-state index in [-0.39, 0.29) is 0 Å². The van der Waals surface area contributed by atoms with Crippen LogP contribution in [0.25, 0.3) is 0 Å². The molecule has 0 saturated carbocycles. The Hall–Kier alpha value is -1.73. The minimum Gasteiger partial charge on any atom is -0.481 e. The molecular weight excluding hydrogens is 264 g/mol. The number of rotatable bonds is 2. The van der Waals surface area contributed by atoms with Gasteiger partial charge in [-0.1, -0.05) is 17.7 Å². The molecular formula is C14H15ClN2O2. The SMILES string of the molecule is CC1(C(=O)O)CCCN(c2cccc(Cl)c2C#N)C1. The van der Waals surface area contributed by atoms with Gasteiger partial charge in [-0.05, 0) is 31.9 Å². The van der Waals surface area contributed by atoms with E-state index in [1.54, 1.807) is 19.1 Å². The fourth-order valence-corrected chi connectivity index (χ4v) is 2.72. The summed E-state index contributed by atoms with van der Waals surface area (Å²) in [6.45, 7) is 2.90. The van der Waals surface area contributed by atoms with Gasteiger partial charge in [-0.3, -0.25) is 4.79 Å². The number of nitrogens with zero attached hydrogens (tertiary/aromatic N) is 2. The van der Waals surface area contributed by atoms with Crippen LogP contribution in [0.2, 0.25) is 5.02 Å². The molecule has 1 aliphatic rings. The van der Waals surface area contributed by atoms with Crippen molar-refractivity contribution in [2.45, 2.75) is 19.8 Å². The third kappa shape index (κ3) is 2.52. The number of piperidine rings is 1. The van der Waals surface area contributed by atoms with Crippen LogP contribution in [0.5, 0.6) is 0 Å². The maximum absolute atomic E-state index is 11.4. The van der Waals surface area contributed by atoms with Gasteiger partial charge in [0, 0.05) is 13.1 Å². The summed E-state index contributed by atoms with van der Waals surface area (Å²) >= 11 is 6.02. The molecule has 19 heavy (non-hydrogen) atoms. The van der Waals surface area contributed by atoms with E-state index < -0.39 is 11.4 Å². The van der Waals surface area contributed by atoms with E-state index in [1.807, 2.05) is 11.0 Å². The number of hydrogen-bond donors (Lipinski definition) is 1. The van der Waals surface area contributed by atoms with Crippen LogP contribution in [0.3, 0.4) is 0 Å². The average Bonchev–Trinajstić information content (AvgIpc) is 2.38. The Morgan fingerprint density at radius 1 is 1.58 bits per heavy atom. The molecule has 100 valence electrons. The Morgan fingerprint density at radius 3 is 2.95 bits per heavy atom. The largest absolute Gasteiger partial charge is 0.481 e. The van der Waals surface area contributed by atoms with Crippen LogP contribution in [0.15, 0.2) is 18.2 Å². The molecule has 1 saturated heterocycles. The van der Waals surface area contributed by atoms with Crippen molar-refractivity contribution in [3.05, 3.63) is 28.8 Å². The molecule has 1 atom stereocenters. The first kappa shape index (κ1) is 13.7. The molecule has 1 aromatic rings. The van der Waals surface area contributed by atoms with Gasteiger partial charge in [0.25, 0.3) is 0 Å². The highest BCUT2D eigenvalue weighted by Gasteiger charge is 2.38. The number of carbonyl (C=O) groups is 1. The lowest BCUT2D eigenvalue weighted by Gasteiger charge is -2.39. The normalized spacial score (nSPS) is 22.9. The summed E-state index contributed by atoms with van der Waals surface area (Å²) in [5.41, 5.74) is 0.369. The Labute approximate surface area is 117 Å². The van der Waals surface area contributed by atoms with Gasteiger partial charge in [0.2, 0.25) is 0 Å². The van der Waals surface area contributed by atoms with Crippen LogP contribution in [0.4, 0.5) is 5.69 Å². The van der Waals surface area contributed by atoms with E-state index in [0.717, 1.165) is 18.7 Å². The van der Waals surface area contributed by atoms with E-state index in [2.05, 4.69) is 6.07 Å². The van der Waals surface area contributed by atoms with Crippen LogP contribution in [0, 0.1) is 16.7 Å². The monoisotopic (exact) mass is 278 g/mol. The summed E-state index contributed by atoms with van der Waals surface area (Å²) in [5.74, 6) is -0.794. The average molecular weight is 279 g/mol. The number of benzene rings is 1. The number of nitriles is 1. The summed E-state index contributed by atoms with van der Waals surface area (Å²) in [4.78, 5) is 13.3. The van der Waals surface area contributed by atoms with E-state index in [4.69, 9.17) is 11.6 Å². The van der Waals surface area contributed by atoms with Crippen molar-refractivity contribution >= 4 is 23.3 Å². The number of aliphatic carboxylic acids is 1. The zero-order chi connectivity index (χ0) is 14.0. The molecule has 4 nitrogen and oxygen atoms in total. The molecule has 0 aromatic heterocycles. The second kappa shape index (κ2) is 5.10. The molecule has 0 aliphatic carbocycles. The Bertz CT molecular complexity index is 553. The second-order valence-corrected chi connectivity index (χ2v) is 5.54. The van der Waals surface area contributed by atoms with Crippen molar-refractivity contribution in [2.24, 2.45) is 5.41 Å². The van der Waals surface area contributed by atoms with Crippen molar-refractivity contribution in [3.63, 3.8) is 0 Å². The number of anilines is 1. The molecule has 1 fully saturated rings. The maximum Gasteiger partial charge on any atom is 0.311 e. The predicted octanol–water partition coefficient (Wildman–Crippen LogP) is 2.90. The van der Waals surface area contributed by atoms with E-state index in [9.17, 15) is 15.2 Å². The Morgan fingerprint density at radius 2 is 2.32 bits per heavy atom. The van der Waals surface area contributed by atoms with E-state index >= 15 is 0 Å². The smallest absolute Gasteiger partial charge is 0.311 e. The maximum atomic E-state index is 11.4. The van der Waals surface area contributed by atoms with Gasteiger partial charge in [-0.15, -0.1) is 0 Å². The molecule has 1 aromatic carbocycles. The quantitative estimate of drug-likeness (QED) is 0.903. The fourth-order valence-electron chi connectivity index (χ4n) is 2.51. The summed E-state index contributed by atoms with van der Waals surface area (Å²) in [6.07, 6.45) is 1.45. The number of hydrogen-bond acceptors (Lipinski definition) is 3. The predicted molar refractivity (Wildman–Crippen MR) is 73.4 cm³/mol. The van der Waals surface area contributed by atoms with E-state index in [0.29, 0.717) is 23.6 Å². The molecule has 1 aliphatic heterocycles. The molecule has 1 heterocycles. The van der Waals surface area contributed by atoms with Crippen molar-refractivity contribution < 1.29 is 9.90 Å². The summed E-state index contributed by atoms with van der Waals surface area (Å²) < 4.78 is 0. The fraction of sp³-hybridized carbons (Fsp3) is 0.429. The molecule has 1 N–H and O–H groups in total. The minimum absolute atomic E-state index is 0.400. The Kier molecular flexibility index (Phi) is 3.68. The first-order valence-electron chi connectivity index (χ1n) is 6.15. The topological polar surface area (TPSA) is 64.3 Å². The molecule has 0 amide bonds. The zero-order valence-corrected chi connectivity index (χ0v) is 11.4. The van der Waals surface area contributed by atoms with Crippen molar-refractivity contribution in [1.29, 1.82) is 5.26 Å². The van der Waals surface area contributed by atoms with Gasteiger partial charge in [0.1, 0.15) is 6.07 Å². The Balaban J connectivity index is 2.36. The molecule has 0 spiro atoms. The van der Waals surface area contributed by atoms with Gasteiger partial charge in [-0.25, -0.2) is 0 Å². The zero-order valence-electron chi connectivity index (χ0n) is 10.7. The van der Waals surface area contributed by atoms with Crippen LogP contribution >= 0.6 is 11.6 Å². The first-order chi connectivity index (χ1) is 8.98. The van der Waals surface area contributed by atoms with E-state index in [1.165, 1.54) is 0 Å². The van der Waals surface area contributed by atoms with Gasteiger partial charge >= 0.3 is 5.97 Å². The summed E-state index contributed by atoms with van der Waals surface area (Å²) in [6, 6.07) is 7.37. The number of halogens is 1. The summed E-state index contributed by atoms with van der Waals surface area (Å²) in [7, 11) is 0. The second-order valence-electron chi connectivity index (χ2n) is 5.14. The molecule has 0 radical (unpaired) electrons. The van der Waals surface area contributed by atoms with Gasteiger partial charge < -0.3 is 10.0 Å². The highest BCUT2D eigenvalue weighted by molar-refractivity contribution is 6.32.